The average Bonchev–Trinajstić information content (AvgIpc) is 2.11. The van der Waals surface area contributed by atoms with Gasteiger partial charge in [0.15, 0.2) is 0 Å². The van der Waals surface area contributed by atoms with Crippen molar-refractivity contribution >= 4 is 11.5 Å². The number of rotatable bonds is 3. The first kappa shape index (κ1) is 11.5. The van der Waals surface area contributed by atoms with Gasteiger partial charge in [-0.3, -0.25) is 0 Å². The Labute approximate surface area is 86.2 Å². The lowest BCUT2D eigenvalue weighted by atomic mass is 10.1. The number of nitrogens with zero attached hydrogens (tertiary/aromatic N) is 1. The van der Waals surface area contributed by atoms with Crippen LogP contribution in [0.25, 0.3) is 0 Å². The topological polar surface area (TPSA) is 52.3 Å². The maximum atomic E-state index is 13.1. The van der Waals surface area contributed by atoms with E-state index < -0.39 is 11.5 Å². The molecule has 1 unspecified atom stereocenters. The maximum absolute atomic E-state index is 13.1. The molecule has 0 saturated carbocycles. The van der Waals surface area contributed by atoms with Gasteiger partial charge in [0.05, 0.1) is 6.54 Å². The van der Waals surface area contributed by atoms with E-state index in [9.17, 15) is 8.94 Å². The van der Waals surface area contributed by atoms with Crippen LogP contribution in [-0.4, -0.2) is 15.9 Å². The molecule has 0 aliphatic carbocycles. The highest BCUT2D eigenvalue weighted by Gasteiger charge is 2.10. The quantitative estimate of drug-likeness (QED) is 0.770. The third kappa shape index (κ3) is 2.95. The Morgan fingerprint density at radius 2 is 2.21 bits per heavy atom. The molecule has 0 bridgehead atoms. The summed E-state index contributed by atoms with van der Waals surface area (Å²) in [7, 11) is 1.62. The Morgan fingerprint density at radius 1 is 1.57 bits per heavy atom. The Balaban J connectivity index is 2.73. The second kappa shape index (κ2) is 4.75. The lowest BCUT2D eigenvalue weighted by Gasteiger charge is -2.15. The van der Waals surface area contributed by atoms with Gasteiger partial charge in [0.25, 0.3) is 0 Å². The van der Waals surface area contributed by atoms with Crippen molar-refractivity contribution < 1.29 is 8.94 Å². The molecule has 3 nitrogen and oxygen atoms in total. The number of aryl methyl sites for hydroxylation is 1. The first-order chi connectivity index (χ1) is 6.50. The summed E-state index contributed by atoms with van der Waals surface area (Å²) in [5.74, 6) is -0.251. The monoisotopic (exact) mass is 216 g/mol. The van der Waals surface area contributed by atoms with Gasteiger partial charge >= 0.3 is 0 Å². The summed E-state index contributed by atoms with van der Waals surface area (Å²) in [6, 6.07) is 4.92. The molecule has 0 spiro atoms. The van der Waals surface area contributed by atoms with E-state index in [2.05, 4.69) is 0 Å². The first-order valence-corrected chi connectivity index (χ1v) is 5.30. The third-order valence-electron chi connectivity index (χ3n) is 1.95. The standard InChI is InChI=1S/C9H13FN2OS/c1-7-3-4-8(5-9(7)10)6-12(2)14(11)13/h3-5H,6,11H2,1-2H3. The average molecular weight is 216 g/mol. The lowest BCUT2D eigenvalue weighted by molar-refractivity contribution is 0.466. The van der Waals surface area contributed by atoms with Gasteiger partial charge < -0.3 is 4.55 Å². The minimum atomic E-state index is -1.51. The molecule has 1 atom stereocenters. The maximum Gasteiger partial charge on any atom is 0.134 e. The molecular formula is C9H13FN2OS. The SMILES string of the molecule is Cc1ccc(CN(C)[S+](N)[O-])cc1F. The molecule has 0 aliphatic rings. The van der Waals surface area contributed by atoms with Crippen LogP contribution in [0.2, 0.25) is 0 Å². The van der Waals surface area contributed by atoms with Crippen molar-refractivity contribution in [3.63, 3.8) is 0 Å². The Morgan fingerprint density at radius 3 is 2.71 bits per heavy atom. The third-order valence-corrected chi connectivity index (χ3v) is 2.69. The summed E-state index contributed by atoms with van der Waals surface area (Å²) in [5.41, 5.74) is 1.36. The van der Waals surface area contributed by atoms with Gasteiger partial charge in [-0.2, -0.15) is 0 Å². The molecular weight excluding hydrogens is 203 g/mol. The van der Waals surface area contributed by atoms with E-state index in [1.54, 1.807) is 26.1 Å². The van der Waals surface area contributed by atoms with Gasteiger partial charge in [0, 0.05) is 7.05 Å². The molecule has 0 fully saturated rings. The second-order valence-electron chi connectivity index (χ2n) is 3.15. The molecule has 0 aromatic heterocycles. The van der Waals surface area contributed by atoms with Crippen molar-refractivity contribution in [2.75, 3.05) is 7.05 Å². The predicted molar refractivity (Wildman–Crippen MR) is 54.9 cm³/mol. The van der Waals surface area contributed by atoms with E-state index in [4.69, 9.17) is 5.14 Å². The summed E-state index contributed by atoms with van der Waals surface area (Å²) >= 11 is -1.51. The smallest absolute Gasteiger partial charge is 0.134 e. The highest BCUT2D eigenvalue weighted by atomic mass is 32.2. The molecule has 0 heterocycles. The van der Waals surface area contributed by atoms with Gasteiger partial charge in [0.2, 0.25) is 0 Å². The Kier molecular flexibility index (Phi) is 3.88. The van der Waals surface area contributed by atoms with Gasteiger partial charge in [0.1, 0.15) is 17.4 Å². The molecule has 0 aliphatic heterocycles. The zero-order chi connectivity index (χ0) is 10.7. The summed E-state index contributed by atoms with van der Waals surface area (Å²) in [5, 5.41) is 5.16. The summed E-state index contributed by atoms with van der Waals surface area (Å²) in [6.45, 7) is 2.07. The summed E-state index contributed by atoms with van der Waals surface area (Å²) in [4.78, 5) is 0. The molecule has 1 aromatic carbocycles. The number of halogens is 1. The van der Waals surface area contributed by atoms with Crippen molar-refractivity contribution in [3.05, 3.63) is 35.1 Å². The molecule has 0 saturated heterocycles. The van der Waals surface area contributed by atoms with Crippen LogP contribution in [-0.2, 0) is 18.1 Å². The molecule has 1 aromatic rings. The number of hydrogen-bond acceptors (Lipinski definition) is 3. The van der Waals surface area contributed by atoms with Crippen LogP contribution in [0.15, 0.2) is 18.2 Å². The number of nitrogens with two attached hydrogens (primary N) is 1. The summed E-state index contributed by atoms with van der Waals surface area (Å²) < 4.78 is 25.4. The molecule has 14 heavy (non-hydrogen) atoms. The van der Waals surface area contributed by atoms with Crippen molar-refractivity contribution in [2.24, 2.45) is 5.14 Å². The van der Waals surface area contributed by atoms with Crippen LogP contribution in [0.5, 0.6) is 0 Å². The van der Waals surface area contributed by atoms with Crippen LogP contribution >= 0.6 is 0 Å². The number of hydrogen-bond donors (Lipinski definition) is 1. The lowest BCUT2D eigenvalue weighted by Crippen LogP contribution is -2.32. The summed E-state index contributed by atoms with van der Waals surface area (Å²) in [6.07, 6.45) is 0. The minimum Gasteiger partial charge on any atom is -0.579 e. The van der Waals surface area contributed by atoms with Gasteiger partial charge in [-0.15, -0.1) is 9.44 Å². The molecule has 1 rings (SSSR count). The highest BCUT2D eigenvalue weighted by Crippen LogP contribution is 2.11. The molecule has 78 valence electrons. The minimum absolute atomic E-state index is 0.251. The van der Waals surface area contributed by atoms with E-state index in [1.165, 1.54) is 10.4 Å². The van der Waals surface area contributed by atoms with Crippen LogP contribution in [0.3, 0.4) is 0 Å². The Bertz CT molecular complexity index is 320. The van der Waals surface area contributed by atoms with E-state index in [0.717, 1.165) is 5.56 Å². The van der Waals surface area contributed by atoms with Crippen LogP contribution in [0.1, 0.15) is 11.1 Å². The molecule has 0 amide bonds. The zero-order valence-electron chi connectivity index (χ0n) is 8.16. The fourth-order valence-electron chi connectivity index (χ4n) is 1.06. The van der Waals surface area contributed by atoms with Crippen molar-refractivity contribution in [3.8, 4) is 0 Å². The van der Waals surface area contributed by atoms with Gasteiger partial charge in [-0.25, -0.2) is 4.39 Å². The first-order valence-electron chi connectivity index (χ1n) is 4.13. The second-order valence-corrected chi connectivity index (χ2v) is 4.32. The highest BCUT2D eigenvalue weighted by molar-refractivity contribution is 7.86. The zero-order valence-corrected chi connectivity index (χ0v) is 8.97. The largest absolute Gasteiger partial charge is 0.579 e. The van der Waals surface area contributed by atoms with Gasteiger partial charge in [-0.1, -0.05) is 12.1 Å². The predicted octanol–water partition coefficient (Wildman–Crippen LogP) is 1.10. The van der Waals surface area contributed by atoms with Crippen LogP contribution < -0.4 is 5.14 Å². The number of benzene rings is 1. The van der Waals surface area contributed by atoms with Crippen LogP contribution in [0.4, 0.5) is 4.39 Å². The van der Waals surface area contributed by atoms with E-state index in [1.807, 2.05) is 0 Å². The fraction of sp³-hybridized carbons (Fsp3) is 0.333. The van der Waals surface area contributed by atoms with Crippen molar-refractivity contribution in [1.29, 1.82) is 0 Å². The van der Waals surface area contributed by atoms with E-state index in [0.29, 0.717) is 12.1 Å². The normalized spacial score (nSPS) is 13.3. The molecule has 0 radical (unpaired) electrons. The van der Waals surface area contributed by atoms with E-state index >= 15 is 0 Å². The fourth-order valence-corrected chi connectivity index (χ4v) is 1.33. The van der Waals surface area contributed by atoms with E-state index in [-0.39, 0.29) is 5.82 Å². The van der Waals surface area contributed by atoms with Crippen LogP contribution in [0, 0.1) is 12.7 Å². The van der Waals surface area contributed by atoms with Crippen molar-refractivity contribution in [2.45, 2.75) is 13.5 Å². The molecule has 5 heteroatoms. The van der Waals surface area contributed by atoms with Crippen molar-refractivity contribution in [1.82, 2.24) is 4.31 Å². The Hall–Kier alpha value is -0.620. The van der Waals surface area contributed by atoms with Gasteiger partial charge in [-0.05, 0) is 24.1 Å². The molecule has 2 N–H and O–H groups in total.